The van der Waals surface area contributed by atoms with Crippen LogP contribution in [0, 0.1) is 0 Å². The van der Waals surface area contributed by atoms with Gasteiger partial charge in [-0.15, -0.1) is 0 Å². The topological polar surface area (TPSA) is 55.4 Å². The fraction of sp³-hybridized carbons (Fsp3) is 0.0545. The number of benzene rings is 18. The van der Waals surface area contributed by atoms with Crippen LogP contribution in [0.15, 0.2) is 425 Å². The second-order valence-corrected chi connectivity index (χ2v) is 29.3. The second-order valence-electron chi connectivity index (χ2n) is 29.3. The molecule has 0 unspecified atom stereocenters. The van der Waals surface area contributed by atoms with Crippen molar-refractivity contribution in [3.63, 3.8) is 0 Å². The van der Waals surface area contributed by atoms with Crippen molar-refractivity contribution < 1.29 is 28.4 Å². The third-order valence-electron chi connectivity index (χ3n) is 21.2. The third kappa shape index (κ3) is 17.3. The van der Waals surface area contributed by atoms with E-state index in [0.29, 0.717) is 60.9 Å². The minimum Gasteiger partial charge on any atom is -0.489 e. The van der Waals surface area contributed by atoms with Gasteiger partial charge in [-0.05, 0) is 253 Å². The zero-order valence-electron chi connectivity index (χ0n) is 64.1. The Kier molecular flexibility index (Phi) is 21.6. The Morgan fingerprint density at radius 1 is 0.138 bits per heavy atom. The average molecular weight is 1500 g/mol. The van der Waals surface area contributed by atoms with Crippen molar-refractivity contribution >= 4 is 21.5 Å². The molecule has 6 heteroatoms. The van der Waals surface area contributed by atoms with Gasteiger partial charge in [-0.1, -0.05) is 303 Å². The molecule has 0 aliphatic rings. The van der Waals surface area contributed by atoms with Crippen LogP contribution >= 0.6 is 0 Å². The van der Waals surface area contributed by atoms with Gasteiger partial charge in [0.15, 0.2) is 0 Å². The maximum absolute atomic E-state index is 7.34. The minimum absolute atomic E-state index is 0.174. The van der Waals surface area contributed by atoms with E-state index in [9.17, 15) is 0 Å². The van der Waals surface area contributed by atoms with Crippen molar-refractivity contribution in [1.82, 2.24) is 0 Å². The molecule has 0 fully saturated rings. The lowest BCUT2D eigenvalue weighted by Gasteiger charge is -2.20. The van der Waals surface area contributed by atoms with Crippen LogP contribution in [0.3, 0.4) is 0 Å². The Labute approximate surface area is 678 Å². The summed E-state index contributed by atoms with van der Waals surface area (Å²) >= 11 is 0. The predicted octanol–water partition coefficient (Wildman–Crippen LogP) is 28.5. The van der Waals surface area contributed by atoms with Crippen LogP contribution in [0.5, 0.6) is 34.5 Å². The summed E-state index contributed by atoms with van der Waals surface area (Å²) in [5.41, 5.74) is 25.6. The van der Waals surface area contributed by atoms with Crippen molar-refractivity contribution in [2.45, 2.75) is 39.6 Å². The molecule has 0 saturated heterocycles. The van der Waals surface area contributed by atoms with Crippen molar-refractivity contribution in [3.05, 3.63) is 458 Å². The van der Waals surface area contributed by atoms with Crippen LogP contribution in [-0.2, 0) is 39.6 Å². The molecule has 0 amide bonds. The van der Waals surface area contributed by atoms with Crippen LogP contribution in [0.25, 0.3) is 122 Å². The first-order valence-corrected chi connectivity index (χ1v) is 39.5. The van der Waals surface area contributed by atoms with E-state index < -0.39 is 0 Å². The minimum atomic E-state index is 0.174. The van der Waals surface area contributed by atoms with Gasteiger partial charge in [0.2, 0.25) is 0 Å². The van der Waals surface area contributed by atoms with Crippen LogP contribution < -0.4 is 28.4 Å². The molecule has 0 N–H and O–H groups in total. The molecular weight excluding hydrogens is 1420 g/mol. The lowest BCUT2D eigenvalue weighted by atomic mass is 9.92. The molecule has 558 valence electrons. The van der Waals surface area contributed by atoms with E-state index in [4.69, 9.17) is 28.4 Å². The maximum Gasteiger partial charge on any atom is 0.128 e. The van der Waals surface area contributed by atoms with E-state index in [-0.39, 0.29) is 13.2 Å². The van der Waals surface area contributed by atoms with Crippen LogP contribution in [-0.4, -0.2) is 0 Å². The molecule has 0 radical (unpaired) electrons. The second kappa shape index (κ2) is 34.5. The lowest BCUT2D eigenvalue weighted by Crippen LogP contribution is -2.04. The Morgan fingerprint density at radius 3 is 0.552 bits per heavy atom. The molecule has 0 heterocycles. The molecule has 0 spiro atoms. The number of hydrogen-bond acceptors (Lipinski definition) is 6. The summed E-state index contributed by atoms with van der Waals surface area (Å²) in [6.07, 6.45) is 0. The van der Waals surface area contributed by atoms with Gasteiger partial charge in [0.25, 0.3) is 0 Å². The SMILES string of the molecule is c1ccc(-c2cc(COc3cc(COc4ccc5ccccc5c4-c4c(OCc5cc(OCc6cc(-c7ccccc7)cc(-c7ccccc7)c6)cc(OCc6cc(-c7ccccc7)cc(-c7ccccc7)c6)c5)ccc5ccccc45)cc(OCc4cc(-c5ccccc5)cc(-c5ccccc5)c4)c3)cc(-c3ccccc3)c2)cc1. The molecule has 116 heavy (non-hydrogen) atoms. The van der Waals surface area contributed by atoms with Crippen molar-refractivity contribution in [3.8, 4) is 135 Å². The van der Waals surface area contributed by atoms with E-state index in [2.05, 4.69) is 413 Å². The van der Waals surface area contributed by atoms with Crippen molar-refractivity contribution in [1.29, 1.82) is 0 Å². The molecule has 0 aromatic heterocycles. The highest BCUT2D eigenvalue weighted by Gasteiger charge is 2.22. The number of ether oxygens (including phenoxy) is 6. The predicted molar refractivity (Wildman–Crippen MR) is 475 cm³/mol. The van der Waals surface area contributed by atoms with E-state index in [0.717, 1.165) is 155 Å². The van der Waals surface area contributed by atoms with Gasteiger partial charge in [0.05, 0.1) is 0 Å². The van der Waals surface area contributed by atoms with Gasteiger partial charge in [-0.3, -0.25) is 0 Å². The van der Waals surface area contributed by atoms with Gasteiger partial charge in [0.1, 0.15) is 74.1 Å². The maximum atomic E-state index is 7.34. The molecule has 18 rings (SSSR count). The molecule has 18 aromatic rings. The summed E-state index contributed by atoms with van der Waals surface area (Å²) < 4.78 is 42.6. The Bertz CT molecular complexity index is 5500. The standard InChI is InChI=1S/C110H82O6/c1-9-29-83(30-10-1)93-53-77(54-94(65-93)84-31-11-2-12-32-84)71-111-101-61-81(62-102(69-101)112-72-78-55-95(85-33-13-3-14-34-85)66-96(56-78)86-35-15-4-16-36-86)75-115-107-51-49-91-45-25-27-47-105(91)109(107)110-106-48-28-26-46-92(106)50-52-108(110)116-76-82-63-103(113-73-79-57-97(87-37-17-5-18-38-87)67-98(58-79)88-39-19-6-20-40-88)70-104(64-82)114-74-80-59-99(89-41-21-7-22-42-89)68-100(60-80)90-43-23-8-24-44-90/h1-70H,71-76H2. The first-order chi connectivity index (χ1) is 57.4. The van der Waals surface area contributed by atoms with Crippen LogP contribution in [0.2, 0.25) is 0 Å². The monoisotopic (exact) mass is 1500 g/mol. The number of hydrogen-bond donors (Lipinski definition) is 0. The number of rotatable bonds is 27. The van der Waals surface area contributed by atoms with Gasteiger partial charge in [0, 0.05) is 23.3 Å². The smallest absolute Gasteiger partial charge is 0.128 e. The normalized spacial score (nSPS) is 11.1. The van der Waals surface area contributed by atoms with Gasteiger partial charge >= 0.3 is 0 Å². The average Bonchev–Trinajstić information content (AvgIpc) is 0.751. The fourth-order valence-electron chi connectivity index (χ4n) is 15.5. The Balaban J connectivity index is 0.692. The largest absolute Gasteiger partial charge is 0.489 e. The summed E-state index contributed by atoms with van der Waals surface area (Å²) in [5.74, 6) is 3.94. The van der Waals surface area contributed by atoms with E-state index in [1.165, 1.54) is 0 Å². The zero-order valence-corrected chi connectivity index (χ0v) is 64.1. The van der Waals surface area contributed by atoms with E-state index in [1.54, 1.807) is 0 Å². The first-order valence-electron chi connectivity index (χ1n) is 39.5. The lowest BCUT2D eigenvalue weighted by molar-refractivity contribution is 0.281. The van der Waals surface area contributed by atoms with Gasteiger partial charge < -0.3 is 28.4 Å². The first kappa shape index (κ1) is 72.8. The highest BCUT2D eigenvalue weighted by atomic mass is 16.5. The molecule has 0 aliphatic heterocycles. The van der Waals surface area contributed by atoms with Crippen molar-refractivity contribution in [2.75, 3.05) is 0 Å². The molecular formula is C110H82O6. The van der Waals surface area contributed by atoms with Crippen LogP contribution in [0.1, 0.15) is 33.4 Å². The van der Waals surface area contributed by atoms with Crippen LogP contribution in [0.4, 0.5) is 0 Å². The summed E-state index contributed by atoms with van der Waals surface area (Å²) in [4.78, 5) is 0. The quantitative estimate of drug-likeness (QED) is 0.0511. The van der Waals surface area contributed by atoms with E-state index >= 15 is 0 Å². The van der Waals surface area contributed by atoms with E-state index in [1.807, 2.05) is 12.1 Å². The molecule has 0 saturated carbocycles. The van der Waals surface area contributed by atoms with Gasteiger partial charge in [-0.25, -0.2) is 0 Å². The fourth-order valence-corrected chi connectivity index (χ4v) is 15.5. The molecule has 0 bridgehead atoms. The summed E-state index contributed by atoms with van der Waals surface area (Å²) in [5, 5.41) is 4.13. The molecule has 0 atom stereocenters. The molecule has 18 aromatic carbocycles. The Hall–Kier alpha value is -14.7. The highest BCUT2D eigenvalue weighted by Crippen LogP contribution is 2.47. The molecule has 0 aliphatic carbocycles. The highest BCUT2D eigenvalue weighted by molar-refractivity contribution is 6.10. The van der Waals surface area contributed by atoms with Crippen molar-refractivity contribution in [2.24, 2.45) is 0 Å². The summed E-state index contributed by atoms with van der Waals surface area (Å²) in [6, 6.07) is 149. The molecule has 6 nitrogen and oxygen atoms in total. The zero-order chi connectivity index (χ0) is 77.6. The summed E-state index contributed by atoms with van der Waals surface area (Å²) in [7, 11) is 0. The van der Waals surface area contributed by atoms with Gasteiger partial charge in [-0.2, -0.15) is 0 Å². The Morgan fingerprint density at radius 2 is 0.328 bits per heavy atom. The number of fused-ring (bicyclic) bond motifs is 2. The summed E-state index contributed by atoms with van der Waals surface area (Å²) in [6.45, 7) is 1.54. The third-order valence-corrected chi connectivity index (χ3v) is 21.2.